The molecule has 0 aliphatic carbocycles. The van der Waals surface area contributed by atoms with Gasteiger partial charge in [-0.25, -0.2) is 8.42 Å². The molecule has 9 heteroatoms. The normalized spacial score (nSPS) is 13.7. The number of carbonyl (C=O) groups is 1. The van der Waals surface area contributed by atoms with Crippen molar-refractivity contribution in [2.24, 2.45) is 0 Å². The largest absolute Gasteiger partial charge is 0.378 e. The number of nitrogens with one attached hydrogen (secondary N) is 1. The van der Waals surface area contributed by atoms with Crippen LogP contribution in [0.1, 0.15) is 15.9 Å². The van der Waals surface area contributed by atoms with Crippen molar-refractivity contribution in [3.8, 4) is 0 Å². The third-order valence-corrected chi connectivity index (χ3v) is 5.68. The molecule has 0 spiro atoms. The molecule has 1 N–H and O–H groups in total. The number of ether oxygens (including phenoxy) is 3. The molecular formula is C16H22BrNO6S. The Kier molecular flexibility index (Phi) is 8.31. The summed E-state index contributed by atoms with van der Waals surface area (Å²) >= 11 is 3.26. The Morgan fingerprint density at radius 1 is 1.00 bits per heavy atom. The highest BCUT2D eigenvalue weighted by Gasteiger charge is 2.27. The standard InChI is InChI=1S/C16H22BrNO6S/c17-4-5-22-6-7-23-8-9-24-10-11-25(20,21)15-3-1-2-13-14(15)12-18-16(13)19/h1-3H,4-12H2,(H,18,19). The lowest BCUT2D eigenvalue weighted by molar-refractivity contribution is 0.0205. The molecule has 0 fully saturated rings. The maximum absolute atomic E-state index is 12.5. The molecule has 1 aliphatic rings. The number of amides is 1. The van der Waals surface area contributed by atoms with Crippen LogP contribution in [-0.4, -0.2) is 65.0 Å². The van der Waals surface area contributed by atoms with Gasteiger partial charge >= 0.3 is 0 Å². The minimum Gasteiger partial charge on any atom is -0.378 e. The fourth-order valence-electron chi connectivity index (χ4n) is 2.39. The summed E-state index contributed by atoms with van der Waals surface area (Å²) in [7, 11) is -3.50. The number of halogens is 1. The van der Waals surface area contributed by atoms with E-state index in [-0.39, 0.29) is 29.7 Å². The Morgan fingerprint density at radius 2 is 1.64 bits per heavy atom. The lowest BCUT2D eigenvalue weighted by Gasteiger charge is -2.09. The van der Waals surface area contributed by atoms with E-state index in [9.17, 15) is 13.2 Å². The molecule has 2 rings (SSSR count). The van der Waals surface area contributed by atoms with E-state index >= 15 is 0 Å². The fourth-order valence-corrected chi connectivity index (χ4v) is 4.02. The molecule has 0 saturated heterocycles. The minimum atomic E-state index is -3.50. The number of rotatable bonds is 12. The molecule has 0 unspecified atom stereocenters. The number of hydrogen-bond acceptors (Lipinski definition) is 6. The Morgan fingerprint density at radius 3 is 2.32 bits per heavy atom. The van der Waals surface area contributed by atoms with Crippen LogP contribution in [-0.2, 0) is 30.6 Å². The summed E-state index contributed by atoms with van der Waals surface area (Å²) in [6.07, 6.45) is 0. The van der Waals surface area contributed by atoms with E-state index in [1.54, 1.807) is 12.1 Å². The predicted molar refractivity (Wildman–Crippen MR) is 95.9 cm³/mol. The van der Waals surface area contributed by atoms with Gasteiger partial charge in [-0.15, -0.1) is 0 Å². The maximum Gasteiger partial charge on any atom is 0.251 e. The molecule has 0 radical (unpaired) electrons. The summed E-state index contributed by atoms with van der Waals surface area (Å²) in [6.45, 7) is 2.67. The molecule has 0 aromatic heterocycles. The van der Waals surface area contributed by atoms with E-state index in [0.29, 0.717) is 44.2 Å². The first-order valence-electron chi connectivity index (χ1n) is 7.98. The molecule has 0 saturated carbocycles. The van der Waals surface area contributed by atoms with Gasteiger partial charge in [0.15, 0.2) is 9.84 Å². The van der Waals surface area contributed by atoms with E-state index in [0.717, 1.165) is 5.33 Å². The summed E-state index contributed by atoms with van der Waals surface area (Å²) in [4.78, 5) is 11.8. The van der Waals surface area contributed by atoms with Crippen molar-refractivity contribution in [2.75, 3.05) is 50.7 Å². The van der Waals surface area contributed by atoms with Crippen LogP contribution in [0.5, 0.6) is 0 Å². The van der Waals surface area contributed by atoms with Gasteiger partial charge < -0.3 is 19.5 Å². The van der Waals surface area contributed by atoms with Crippen molar-refractivity contribution in [1.29, 1.82) is 0 Å². The zero-order valence-corrected chi connectivity index (χ0v) is 16.2. The molecule has 1 aromatic rings. The molecule has 1 aromatic carbocycles. The van der Waals surface area contributed by atoms with Crippen molar-refractivity contribution in [3.63, 3.8) is 0 Å². The molecule has 140 valence electrons. The van der Waals surface area contributed by atoms with E-state index in [1.807, 2.05) is 0 Å². The third kappa shape index (κ3) is 6.03. The van der Waals surface area contributed by atoms with Crippen LogP contribution < -0.4 is 5.32 Å². The van der Waals surface area contributed by atoms with Gasteiger partial charge in [0.25, 0.3) is 5.91 Å². The first kappa shape index (κ1) is 20.3. The predicted octanol–water partition coefficient (Wildman–Crippen LogP) is 1.15. The molecule has 7 nitrogen and oxygen atoms in total. The monoisotopic (exact) mass is 435 g/mol. The smallest absolute Gasteiger partial charge is 0.251 e. The van der Waals surface area contributed by atoms with Gasteiger partial charge in [0, 0.05) is 23.0 Å². The second-order valence-corrected chi connectivity index (χ2v) is 8.18. The summed E-state index contributed by atoms with van der Waals surface area (Å²) in [5.41, 5.74) is 0.969. The van der Waals surface area contributed by atoms with Gasteiger partial charge in [-0.3, -0.25) is 4.79 Å². The van der Waals surface area contributed by atoms with Gasteiger partial charge in [-0.1, -0.05) is 22.0 Å². The van der Waals surface area contributed by atoms with Crippen LogP contribution in [0.15, 0.2) is 23.1 Å². The summed E-state index contributed by atoms with van der Waals surface area (Å²) in [6, 6.07) is 4.75. The number of hydrogen-bond donors (Lipinski definition) is 1. The topological polar surface area (TPSA) is 90.9 Å². The van der Waals surface area contributed by atoms with Crippen molar-refractivity contribution < 1.29 is 27.4 Å². The zero-order valence-electron chi connectivity index (χ0n) is 13.8. The second kappa shape index (κ2) is 10.2. The van der Waals surface area contributed by atoms with E-state index in [2.05, 4.69) is 21.2 Å². The van der Waals surface area contributed by atoms with E-state index < -0.39 is 9.84 Å². The molecule has 0 bridgehead atoms. The Balaban J connectivity index is 1.70. The van der Waals surface area contributed by atoms with E-state index in [1.165, 1.54) is 6.07 Å². The molecule has 1 amide bonds. The average molecular weight is 436 g/mol. The van der Waals surface area contributed by atoms with Crippen molar-refractivity contribution in [2.45, 2.75) is 11.4 Å². The van der Waals surface area contributed by atoms with Crippen LogP contribution in [0.3, 0.4) is 0 Å². The summed E-state index contributed by atoms with van der Waals surface area (Å²) in [5.74, 6) is -0.369. The first-order chi connectivity index (χ1) is 12.1. The zero-order chi connectivity index (χ0) is 18.1. The number of sulfone groups is 1. The Labute approximate surface area is 156 Å². The lowest BCUT2D eigenvalue weighted by atomic mass is 10.1. The lowest BCUT2D eigenvalue weighted by Crippen LogP contribution is -2.17. The molecule has 0 atom stereocenters. The van der Waals surface area contributed by atoms with Gasteiger partial charge in [-0.2, -0.15) is 0 Å². The summed E-state index contributed by atoms with van der Waals surface area (Å²) in [5, 5.41) is 3.43. The van der Waals surface area contributed by atoms with E-state index in [4.69, 9.17) is 14.2 Å². The van der Waals surface area contributed by atoms with Gasteiger partial charge in [-0.05, 0) is 12.1 Å². The minimum absolute atomic E-state index is 0.0802. The third-order valence-electron chi connectivity index (χ3n) is 3.60. The fraction of sp³-hybridized carbons (Fsp3) is 0.562. The maximum atomic E-state index is 12.5. The molecular weight excluding hydrogens is 414 g/mol. The number of carbonyl (C=O) groups excluding carboxylic acids is 1. The highest BCUT2D eigenvalue weighted by molar-refractivity contribution is 9.09. The number of fused-ring (bicyclic) bond motifs is 1. The van der Waals surface area contributed by atoms with Crippen molar-refractivity contribution >= 4 is 31.7 Å². The Bertz CT molecular complexity index is 679. The second-order valence-electron chi connectivity index (χ2n) is 5.31. The number of alkyl halides is 1. The average Bonchev–Trinajstić information content (AvgIpc) is 2.98. The van der Waals surface area contributed by atoms with Crippen LogP contribution >= 0.6 is 15.9 Å². The van der Waals surface area contributed by atoms with Crippen LogP contribution in [0.2, 0.25) is 0 Å². The molecule has 1 aliphatic heterocycles. The number of benzene rings is 1. The Hall–Kier alpha value is -1.00. The van der Waals surface area contributed by atoms with Crippen molar-refractivity contribution in [1.82, 2.24) is 5.32 Å². The van der Waals surface area contributed by atoms with Crippen LogP contribution in [0.4, 0.5) is 0 Å². The van der Waals surface area contributed by atoms with Gasteiger partial charge in [0.1, 0.15) is 0 Å². The van der Waals surface area contributed by atoms with Gasteiger partial charge in [0.05, 0.1) is 50.3 Å². The van der Waals surface area contributed by atoms with Crippen LogP contribution in [0, 0.1) is 0 Å². The highest BCUT2D eigenvalue weighted by atomic mass is 79.9. The molecule has 1 heterocycles. The van der Waals surface area contributed by atoms with Crippen molar-refractivity contribution in [3.05, 3.63) is 29.3 Å². The quantitative estimate of drug-likeness (QED) is 0.391. The molecule has 25 heavy (non-hydrogen) atoms. The summed E-state index contributed by atoms with van der Waals surface area (Å²) < 4.78 is 40.8. The SMILES string of the molecule is O=C1NCc2c1cccc2S(=O)(=O)CCOCCOCCOCCBr. The first-order valence-corrected chi connectivity index (χ1v) is 10.8. The highest BCUT2D eigenvalue weighted by Crippen LogP contribution is 2.24. The van der Waals surface area contributed by atoms with Gasteiger partial charge in [0.2, 0.25) is 0 Å². The van der Waals surface area contributed by atoms with Crippen LogP contribution in [0.25, 0.3) is 0 Å².